The fourth-order valence-corrected chi connectivity index (χ4v) is 2.42. The molecule has 0 spiro atoms. The lowest BCUT2D eigenvalue weighted by Crippen LogP contribution is -2.25. The van der Waals surface area contributed by atoms with Gasteiger partial charge in [0.15, 0.2) is 0 Å². The molecule has 3 heteroatoms. The van der Waals surface area contributed by atoms with Crippen LogP contribution >= 0.6 is 0 Å². The van der Waals surface area contributed by atoms with Gasteiger partial charge in [-0.05, 0) is 44.7 Å². The number of ether oxygens (including phenoxy) is 1. The van der Waals surface area contributed by atoms with E-state index in [0.717, 1.165) is 19.4 Å². The van der Waals surface area contributed by atoms with Crippen LogP contribution in [0, 0.1) is 5.41 Å². The van der Waals surface area contributed by atoms with Crippen LogP contribution in [-0.2, 0) is 16.0 Å². The third kappa shape index (κ3) is 4.87. The van der Waals surface area contributed by atoms with Crippen LogP contribution in [0.5, 0.6) is 0 Å². The van der Waals surface area contributed by atoms with Crippen LogP contribution < -0.4 is 5.32 Å². The van der Waals surface area contributed by atoms with Crippen LogP contribution in [0.2, 0.25) is 0 Å². The van der Waals surface area contributed by atoms with Crippen molar-refractivity contribution in [2.45, 2.75) is 46.5 Å². The molecule has 0 saturated carbocycles. The van der Waals surface area contributed by atoms with Crippen molar-refractivity contribution in [2.24, 2.45) is 5.41 Å². The average molecular weight is 277 g/mol. The lowest BCUT2D eigenvalue weighted by atomic mass is 9.88. The minimum absolute atomic E-state index is 0.116. The number of esters is 1. The third-order valence-electron chi connectivity index (χ3n) is 3.57. The van der Waals surface area contributed by atoms with E-state index in [1.807, 2.05) is 13.8 Å². The lowest BCUT2D eigenvalue weighted by molar-refractivity contribution is -0.151. The normalized spacial score (nSPS) is 13.4. The highest BCUT2D eigenvalue weighted by atomic mass is 16.5. The van der Waals surface area contributed by atoms with Crippen molar-refractivity contribution in [3.63, 3.8) is 0 Å². The SMILES string of the molecule is CCCC(C)(C)C(=O)OC.c1ccc2c(c1)CCCN2. The maximum atomic E-state index is 11.0. The first kappa shape index (κ1) is 16.5. The number of benzene rings is 1. The summed E-state index contributed by atoms with van der Waals surface area (Å²) in [7, 11) is 1.43. The summed E-state index contributed by atoms with van der Waals surface area (Å²) in [6.45, 7) is 7.01. The van der Waals surface area contributed by atoms with Crippen LogP contribution in [0.1, 0.15) is 45.6 Å². The van der Waals surface area contributed by atoms with E-state index in [1.165, 1.54) is 31.2 Å². The van der Waals surface area contributed by atoms with Gasteiger partial charge in [0.05, 0.1) is 12.5 Å². The van der Waals surface area contributed by atoms with Crippen molar-refractivity contribution in [1.29, 1.82) is 0 Å². The number of fused-ring (bicyclic) bond motifs is 1. The van der Waals surface area contributed by atoms with Crippen molar-refractivity contribution < 1.29 is 9.53 Å². The fourth-order valence-electron chi connectivity index (χ4n) is 2.42. The van der Waals surface area contributed by atoms with Gasteiger partial charge in [-0.2, -0.15) is 0 Å². The van der Waals surface area contributed by atoms with Crippen LogP contribution in [0.15, 0.2) is 24.3 Å². The summed E-state index contributed by atoms with van der Waals surface area (Å²) < 4.78 is 4.63. The van der Waals surface area contributed by atoms with Gasteiger partial charge < -0.3 is 10.1 Å². The molecular weight excluding hydrogens is 250 g/mol. The first-order valence-corrected chi connectivity index (χ1v) is 7.41. The Bertz CT molecular complexity index is 402. The Kier molecular flexibility index (Phi) is 6.56. The molecule has 1 heterocycles. The molecular formula is C17H27NO2. The molecule has 0 atom stereocenters. The van der Waals surface area contributed by atoms with Crippen molar-refractivity contribution in [3.05, 3.63) is 29.8 Å². The number of anilines is 1. The maximum Gasteiger partial charge on any atom is 0.311 e. The van der Waals surface area contributed by atoms with Crippen molar-refractivity contribution >= 4 is 11.7 Å². The molecule has 0 bridgehead atoms. The number of hydrogen-bond acceptors (Lipinski definition) is 3. The van der Waals surface area contributed by atoms with Gasteiger partial charge in [0.1, 0.15) is 0 Å². The third-order valence-corrected chi connectivity index (χ3v) is 3.57. The maximum absolute atomic E-state index is 11.0. The molecule has 0 radical (unpaired) electrons. The highest BCUT2D eigenvalue weighted by molar-refractivity contribution is 5.75. The Morgan fingerprint density at radius 1 is 1.35 bits per heavy atom. The van der Waals surface area contributed by atoms with Gasteiger partial charge in [-0.15, -0.1) is 0 Å². The minimum atomic E-state index is -0.302. The molecule has 1 aromatic carbocycles. The second kappa shape index (κ2) is 7.93. The summed E-state index contributed by atoms with van der Waals surface area (Å²) in [5, 5.41) is 3.36. The van der Waals surface area contributed by atoms with Gasteiger partial charge in [0, 0.05) is 12.2 Å². The number of rotatable bonds is 3. The molecule has 2 rings (SSSR count). The predicted octanol–water partition coefficient (Wildman–Crippen LogP) is 4.03. The van der Waals surface area contributed by atoms with E-state index in [4.69, 9.17) is 0 Å². The molecule has 0 amide bonds. The Balaban J connectivity index is 0.000000200. The van der Waals surface area contributed by atoms with E-state index in [0.29, 0.717) is 0 Å². The summed E-state index contributed by atoms with van der Waals surface area (Å²) >= 11 is 0. The monoisotopic (exact) mass is 277 g/mol. The van der Waals surface area contributed by atoms with Crippen LogP contribution in [0.3, 0.4) is 0 Å². The highest BCUT2D eigenvalue weighted by Gasteiger charge is 2.26. The summed E-state index contributed by atoms with van der Waals surface area (Å²) in [6, 6.07) is 8.53. The number of aryl methyl sites for hydroxylation is 1. The first-order valence-electron chi connectivity index (χ1n) is 7.41. The summed E-state index contributed by atoms with van der Waals surface area (Å²) in [6.07, 6.45) is 4.42. The molecule has 1 N–H and O–H groups in total. The molecule has 0 saturated heterocycles. The van der Waals surface area contributed by atoms with Gasteiger partial charge in [-0.3, -0.25) is 4.79 Å². The number of methoxy groups -OCH3 is 1. The fraction of sp³-hybridized carbons (Fsp3) is 0.588. The summed E-state index contributed by atoms with van der Waals surface area (Å²) in [5.74, 6) is -0.116. The largest absolute Gasteiger partial charge is 0.469 e. The second-order valence-electron chi connectivity index (χ2n) is 5.81. The number of para-hydroxylation sites is 1. The minimum Gasteiger partial charge on any atom is -0.469 e. The lowest BCUT2D eigenvalue weighted by Gasteiger charge is -2.19. The molecule has 0 aromatic heterocycles. The zero-order chi connectivity index (χ0) is 15.0. The van der Waals surface area contributed by atoms with E-state index in [9.17, 15) is 4.79 Å². The van der Waals surface area contributed by atoms with Crippen LogP contribution in [0.4, 0.5) is 5.69 Å². The van der Waals surface area contributed by atoms with Gasteiger partial charge in [0.2, 0.25) is 0 Å². The number of carbonyl (C=O) groups is 1. The van der Waals surface area contributed by atoms with Gasteiger partial charge >= 0.3 is 5.97 Å². The molecule has 20 heavy (non-hydrogen) atoms. The van der Waals surface area contributed by atoms with E-state index < -0.39 is 0 Å². The summed E-state index contributed by atoms with van der Waals surface area (Å²) in [4.78, 5) is 11.0. The smallest absolute Gasteiger partial charge is 0.311 e. The molecule has 1 aliphatic heterocycles. The van der Waals surface area contributed by atoms with E-state index in [-0.39, 0.29) is 11.4 Å². The van der Waals surface area contributed by atoms with E-state index in [1.54, 1.807) is 0 Å². The first-order chi connectivity index (χ1) is 9.51. The standard InChI is InChI=1S/C9H11N.C8H16O2/c1-2-6-9-8(4-1)5-3-7-10-9;1-5-6-8(2,3)7(9)10-4/h1-2,4,6,10H,3,5,7H2;5-6H2,1-4H3. The Morgan fingerprint density at radius 2 is 2.05 bits per heavy atom. The Hall–Kier alpha value is -1.51. The van der Waals surface area contributed by atoms with E-state index in [2.05, 4.69) is 41.2 Å². The van der Waals surface area contributed by atoms with Crippen molar-refractivity contribution in [3.8, 4) is 0 Å². The number of hydrogen-bond donors (Lipinski definition) is 1. The molecule has 112 valence electrons. The highest BCUT2D eigenvalue weighted by Crippen LogP contribution is 2.23. The quantitative estimate of drug-likeness (QED) is 0.848. The topological polar surface area (TPSA) is 38.3 Å². The number of nitrogens with one attached hydrogen (secondary N) is 1. The molecule has 1 aromatic rings. The Morgan fingerprint density at radius 3 is 2.65 bits per heavy atom. The molecule has 0 fully saturated rings. The van der Waals surface area contributed by atoms with Gasteiger partial charge in [-0.1, -0.05) is 31.5 Å². The molecule has 0 aliphatic carbocycles. The second-order valence-corrected chi connectivity index (χ2v) is 5.81. The molecule has 1 aliphatic rings. The van der Waals surface area contributed by atoms with Gasteiger partial charge in [-0.25, -0.2) is 0 Å². The average Bonchev–Trinajstić information content (AvgIpc) is 2.47. The van der Waals surface area contributed by atoms with Crippen LogP contribution in [0.25, 0.3) is 0 Å². The summed E-state index contributed by atoms with van der Waals surface area (Å²) in [5.41, 5.74) is 2.49. The zero-order valence-corrected chi connectivity index (χ0v) is 13.2. The Labute approximate surface area is 122 Å². The number of carbonyl (C=O) groups excluding carboxylic acids is 1. The molecule has 3 nitrogen and oxygen atoms in total. The zero-order valence-electron chi connectivity index (χ0n) is 13.2. The van der Waals surface area contributed by atoms with Crippen LogP contribution in [-0.4, -0.2) is 19.6 Å². The molecule has 0 unspecified atom stereocenters. The van der Waals surface area contributed by atoms with Crippen molar-refractivity contribution in [1.82, 2.24) is 0 Å². The van der Waals surface area contributed by atoms with Crippen molar-refractivity contribution in [2.75, 3.05) is 19.0 Å². The van der Waals surface area contributed by atoms with Gasteiger partial charge in [0.25, 0.3) is 0 Å². The predicted molar refractivity (Wildman–Crippen MR) is 84.0 cm³/mol. The van der Waals surface area contributed by atoms with E-state index >= 15 is 0 Å².